The highest BCUT2D eigenvalue weighted by molar-refractivity contribution is 5.84. The Morgan fingerprint density at radius 3 is 2.24 bits per heavy atom. The van der Waals surface area contributed by atoms with Crippen LogP contribution in [-0.4, -0.2) is 30.9 Å². The predicted molar refractivity (Wildman–Crippen MR) is 68.4 cm³/mol. The van der Waals surface area contributed by atoms with Crippen molar-refractivity contribution >= 4 is 11.8 Å². The maximum absolute atomic E-state index is 11.4. The second-order valence-electron chi connectivity index (χ2n) is 5.63. The van der Waals surface area contributed by atoms with Crippen LogP contribution in [0.4, 0.5) is 0 Å². The van der Waals surface area contributed by atoms with Gasteiger partial charge >= 0.3 is 0 Å². The summed E-state index contributed by atoms with van der Waals surface area (Å²) < 4.78 is 0. The van der Waals surface area contributed by atoms with Gasteiger partial charge in [-0.2, -0.15) is 0 Å². The van der Waals surface area contributed by atoms with Crippen molar-refractivity contribution in [3.8, 4) is 0 Å². The number of amides is 2. The minimum atomic E-state index is -0.173. The number of carbonyl (C=O) groups is 2. The number of hydrogen-bond donors (Lipinski definition) is 3. The largest absolute Gasteiger partial charge is 0.355 e. The molecule has 0 spiro atoms. The molecule has 5 nitrogen and oxygen atoms in total. The number of nitrogens with two attached hydrogens (primary N) is 1. The zero-order chi connectivity index (χ0) is 13.5. The number of rotatable bonds is 6. The second-order valence-corrected chi connectivity index (χ2v) is 5.63. The normalized spacial score (nSPS) is 13.0. The van der Waals surface area contributed by atoms with Crippen LogP contribution in [0, 0.1) is 5.41 Å². The van der Waals surface area contributed by atoms with Gasteiger partial charge in [-0.25, -0.2) is 0 Å². The van der Waals surface area contributed by atoms with Gasteiger partial charge in [-0.15, -0.1) is 0 Å². The average molecular weight is 243 g/mol. The summed E-state index contributed by atoms with van der Waals surface area (Å²) in [6.07, 6.45) is 1.15. The second kappa shape index (κ2) is 7.27. The molecular weight excluding hydrogens is 218 g/mol. The predicted octanol–water partition coefficient (Wildman–Crippen LogP) is 0.392. The van der Waals surface area contributed by atoms with Crippen molar-refractivity contribution in [2.75, 3.05) is 13.1 Å². The standard InChI is InChI=1S/C12H25N3O2/c1-9(13)5-6-14-11(17)8-15-10(16)7-12(2,3)4/h9H,5-8,13H2,1-4H3,(H,14,17)(H,15,16). The van der Waals surface area contributed by atoms with Crippen LogP contribution < -0.4 is 16.4 Å². The van der Waals surface area contributed by atoms with Gasteiger partial charge in [0.1, 0.15) is 0 Å². The summed E-state index contributed by atoms with van der Waals surface area (Å²) in [5, 5.41) is 5.29. The van der Waals surface area contributed by atoms with E-state index in [4.69, 9.17) is 5.73 Å². The molecule has 0 aromatic rings. The Morgan fingerprint density at radius 1 is 1.18 bits per heavy atom. The molecule has 0 bridgehead atoms. The summed E-state index contributed by atoms with van der Waals surface area (Å²) in [6, 6.07) is 0.0748. The summed E-state index contributed by atoms with van der Waals surface area (Å²) in [7, 11) is 0. The van der Waals surface area contributed by atoms with E-state index in [-0.39, 0.29) is 29.8 Å². The Balaban J connectivity index is 3.67. The number of hydrogen-bond acceptors (Lipinski definition) is 3. The third-order valence-electron chi connectivity index (χ3n) is 2.06. The highest BCUT2D eigenvalue weighted by Gasteiger charge is 2.16. The van der Waals surface area contributed by atoms with Gasteiger partial charge in [0.2, 0.25) is 11.8 Å². The van der Waals surface area contributed by atoms with E-state index in [1.807, 2.05) is 27.7 Å². The van der Waals surface area contributed by atoms with Crippen LogP contribution >= 0.6 is 0 Å². The van der Waals surface area contributed by atoms with Gasteiger partial charge in [0.15, 0.2) is 0 Å². The average Bonchev–Trinajstić information content (AvgIpc) is 2.11. The topological polar surface area (TPSA) is 84.2 Å². The van der Waals surface area contributed by atoms with Gasteiger partial charge in [-0.3, -0.25) is 9.59 Å². The summed E-state index contributed by atoms with van der Waals surface area (Å²) in [4.78, 5) is 22.8. The molecule has 17 heavy (non-hydrogen) atoms. The molecule has 0 saturated heterocycles. The molecule has 5 heteroatoms. The fraction of sp³-hybridized carbons (Fsp3) is 0.833. The lowest BCUT2D eigenvalue weighted by Crippen LogP contribution is -2.39. The first kappa shape index (κ1) is 15.9. The van der Waals surface area contributed by atoms with Crippen LogP contribution in [0.15, 0.2) is 0 Å². The Morgan fingerprint density at radius 2 is 1.76 bits per heavy atom. The molecule has 0 aromatic heterocycles. The molecule has 0 aliphatic rings. The van der Waals surface area contributed by atoms with Crippen molar-refractivity contribution < 1.29 is 9.59 Å². The zero-order valence-corrected chi connectivity index (χ0v) is 11.3. The van der Waals surface area contributed by atoms with Gasteiger partial charge < -0.3 is 16.4 Å². The van der Waals surface area contributed by atoms with E-state index in [0.717, 1.165) is 6.42 Å². The first-order chi connectivity index (χ1) is 7.70. The van der Waals surface area contributed by atoms with E-state index in [2.05, 4.69) is 10.6 Å². The van der Waals surface area contributed by atoms with Crippen molar-refractivity contribution in [1.82, 2.24) is 10.6 Å². The number of carbonyl (C=O) groups excluding carboxylic acids is 2. The Hall–Kier alpha value is -1.10. The molecule has 0 aromatic carbocycles. The van der Waals surface area contributed by atoms with Gasteiger partial charge in [-0.1, -0.05) is 20.8 Å². The fourth-order valence-electron chi connectivity index (χ4n) is 1.22. The molecule has 0 aliphatic heterocycles. The lowest BCUT2D eigenvalue weighted by atomic mass is 9.92. The van der Waals surface area contributed by atoms with Gasteiger partial charge in [-0.05, 0) is 18.8 Å². The molecule has 1 unspecified atom stereocenters. The van der Waals surface area contributed by atoms with Gasteiger partial charge in [0, 0.05) is 19.0 Å². The molecule has 0 aliphatic carbocycles. The minimum absolute atomic E-state index is 0.0356. The van der Waals surface area contributed by atoms with Crippen LogP contribution in [-0.2, 0) is 9.59 Å². The van der Waals surface area contributed by atoms with Gasteiger partial charge in [0.05, 0.1) is 6.54 Å². The molecule has 0 heterocycles. The highest BCUT2D eigenvalue weighted by atomic mass is 16.2. The van der Waals surface area contributed by atoms with Crippen molar-refractivity contribution in [2.24, 2.45) is 11.1 Å². The zero-order valence-electron chi connectivity index (χ0n) is 11.3. The van der Waals surface area contributed by atoms with E-state index in [1.165, 1.54) is 0 Å². The summed E-state index contributed by atoms with van der Waals surface area (Å²) >= 11 is 0. The fourth-order valence-corrected chi connectivity index (χ4v) is 1.22. The Labute approximate surface area is 104 Å². The lowest BCUT2D eigenvalue weighted by Gasteiger charge is -2.17. The van der Waals surface area contributed by atoms with Crippen LogP contribution in [0.3, 0.4) is 0 Å². The molecule has 0 radical (unpaired) electrons. The van der Waals surface area contributed by atoms with Crippen LogP contribution in [0.1, 0.15) is 40.5 Å². The van der Waals surface area contributed by atoms with Crippen molar-refractivity contribution in [2.45, 2.75) is 46.6 Å². The molecule has 0 rings (SSSR count). The van der Waals surface area contributed by atoms with Crippen LogP contribution in [0.2, 0.25) is 0 Å². The van der Waals surface area contributed by atoms with Gasteiger partial charge in [0.25, 0.3) is 0 Å². The monoisotopic (exact) mass is 243 g/mol. The van der Waals surface area contributed by atoms with E-state index >= 15 is 0 Å². The van der Waals surface area contributed by atoms with Crippen LogP contribution in [0.25, 0.3) is 0 Å². The van der Waals surface area contributed by atoms with E-state index in [0.29, 0.717) is 13.0 Å². The van der Waals surface area contributed by atoms with E-state index in [1.54, 1.807) is 0 Å². The SMILES string of the molecule is CC(N)CCNC(=O)CNC(=O)CC(C)(C)C. The molecule has 4 N–H and O–H groups in total. The molecule has 0 fully saturated rings. The smallest absolute Gasteiger partial charge is 0.239 e. The summed E-state index contributed by atoms with van der Waals surface area (Å²) in [5.74, 6) is -0.271. The maximum atomic E-state index is 11.4. The molecule has 1 atom stereocenters. The maximum Gasteiger partial charge on any atom is 0.239 e. The van der Waals surface area contributed by atoms with E-state index in [9.17, 15) is 9.59 Å². The third kappa shape index (κ3) is 11.2. The van der Waals surface area contributed by atoms with Crippen LogP contribution in [0.5, 0.6) is 0 Å². The van der Waals surface area contributed by atoms with Crippen molar-refractivity contribution in [1.29, 1.82) is 0 Å². The summed E-state index contributed by atoms with van der Waals surface area (Å²) in [5.41, 5.74) is 5.49. The van der Waals surface area contributed by atoms with Crippen molar-refractivity contribution in [3.63, 3.8) is 0 Å². The first-order valence-electron chi connectivity index (χ1n) is 5.99. The van der Waals surface area contributed by atoms with E-state index < -0.39 is 0 Å². The first-order valence-corrected chi connectivity index (χ1v) is 5.99. The highest BCUT2D eigenvalue weighted by Crippen LogP contribution is 2.17. The lowest BCUT2D eigenvalue weighted by molar-refractivity contribution is -0.127. The molecular formula is C12H25N3O2. The summed E-state index contributed by atoms with van der Waals surface area (Å²) in [6.45, 7) is 8.41. The Bertz CT molecular complexity index is 257. The molecule has 0 saturated carbocycles. The minimum Gasteiger partial charge on any atom is -0.355 e. The number of nitrogens with one attached hydrogen (secondary N) is 2. The van der Waals surface area contributed by atoms with Crippen molar-refractivity contribution in [3.05, 3.63) is 0 Å². The quantitative estimate of drug-likeness (QED) is 0.631. The molecule has 100 valence electrons. The Kier molecular flexibility index (Phi) is 6.80. The molecule has 2 amide bonds. The third-order valence-corrected chi connectivity index (χ3v) is 2.06.